The first kappa shape index (κ1) is 12.0. The number of nitrogens with one attached hydrogen (secondary N) is 1. The number of hydrogen-bond acceptors (Lipinski definition) is 3. The smallest absolute Gasteiger partial charge is 0.123 e. The summed E-state index contributed by atoms with van der Waals surface area (Å²) < 4.78 is 0. The van der Waals surface area contributed by atoms with Crippen molar-refractivity contribution in [3.05, 3.63) is 23.9 Å². The van der Waals surface area contributed by atoms with Gasteiger partial charge in [0, 0.05) is 12.2 Å². The summed E-state index contributed by atoms with van der Waals surface area (Å²) in [4.78, 5) is 4.00. The minimum Gasteiger partial charge on any atom is -0.384 e. The quantitative estimate of drug-likeness (QED) is 0.750. The molecule has 0 fully saturated rings. The van der Waals surface area contributed by atoms with Crippen molar-refractivity contribution in [2.45, 2.75) is 39.2 Å². The van der Waals surface area contributed by atoms with E-state index in [1.165, 1.54) is 18.4 Å². The first-order valence-corrected chi connectivity index (χ1v) is 5.70. The van der Waals surface area contributed by atoms with Crippen LogP contribution in [0.1, 0.15) is 32.3 Å². The highest BCUT2D eigenvalue weighted by Crippen LogP contribution is 2.09. The Morgan fingerprint density at radius 1 is 1.47 bits per heavy atom. The molecule has 0 amide bonds. The fourth-order valence-corrected chi connectivity index (χ4v) is 1.82. The zero-order valence-corrected chi connectivity index (χ0v) is 9.66. The van der Waals surface area contributed by atoms with Crippen LogP contribution in [0.4, 0.5) is 5.82 Å². The van der Waals surface area contributed by atoms with Crippen LogP contribution in [0, 0.1) is 0 Å². The number of nitrogen functional groups attached to an aromatic ring is 1. The van der Waals surface area contributed by atoms with Crippen molar-refractivity contribution in [1.82, 2.24) is 10.3 Å². The third-order valence-corrected chi connectivity index (χ3v) is 2.46. The second kappa shape index (κ2) is 6.40. The Morgan fingerprint density at radius 2 is 2.27 bits per heavy atom. The zero-order valence-electron chi connectivity index (χ0n) is 9.66. The maximum absolute atomic E-state index is 5.65. The molecule has 3 heteroatoms. The molecule has 0 spiro atoms. The summed E-state index contributed by atoms with van der Waals surface area (Å²) in [6, 6.07) is 4.55. The van der Waals surface area contributed by atoms with Gasteiger partial charge in [-0.3, -0.25) is 0 Å². The van der Waals surface area contributed by atoms with Gasteiger partial charge in [-0.15, -0.1) is 0 Å². The molecule has 0 saturated carbocycles. The van der Waals surface area contributed by atoms with Crippen LogP contribution in [0.15, 0.2) is 18.3 Å². The van der Waals surface area contributed by atoms with E-state index >= 15 is 0 Å². The molecule has 0 aliphatic heterocycles. The van der Waals surface area contributed by atoms with E-state index in [4.69, 9.17) is 5.73 Å². The van der Waals surface area contributed by atoms with E-state index in [2.05, 4.69) is 24.1 Å². The van der Waals surface area contributed by atoms with E-state index in [0.717, 1.165) is 13.0 Å². The molecule has 0 aliphatic carbocycles. The van der Waals surface area contributed by atoms with Gasteiger partial charge in [0.25, 0.3) is 0 Å². The van der Waals surface area contributed by atoms with Gasteiger partial charge in [-0.1, -0.05) is 20.3 Å². The summed E-state index contributed by atoms with van der Waals surface area (Å²) in [7, 11) is 0. The molecule has 0 saturated heterocycles. The molecule has 1 unspecified atom stereocenters. The van der Waals surface area contributed by atoms with Crippen LogP contribution in [0.5, 0.6) is 0 Å². The molecule has 1 aromatic rings. The Bertz CT molecular complexity index is 280. The van der Waals surface area contributed by atoms with Gasteiger partial charge in [-0.05, 0) is 37.1 Å². The van der Waals surface area contributed by atoms with Crippen LogP contribution in [-0.4, -0.2) is 17.6 Å². The van der Waals surface area contributed by atoms with Crippen molar-refractivity contribution >= 4 is 5.82 Å². The first-order valence-electron chi connectivity index (χ1n) is 5.70. The molecule has 1 heterocycles. The predicted octanol–water partition coefficient (Wildman–Crippen LogP) is 1.98. The molecular formula is C12H21N3. The Labute approximate surface area is 92.1 Å². The topological polar surface area (TPSA) is 50.9 Å². The van der Waals surface area contributed by atoms with Crippen molar-refractivity contribution in [2.75, 3.05) is 12.3 Å². The number of hydrogen-bond donors (Lipinski definition) is 2. The van der Waals surface area contributed by atoms with Gasteiger partial charge in [0.15, 0.2) is 0 Å². The van der Waals surface area contributed by atoms with Crippen LogP contribution in [0.2, 0.25) is 0 Å². The lowest BCUT2D eigenvalue weighted by molar-refractivity contribution is 0.486. The Hall–Kier alpha value is -1.09. The molecule has 3 N–H and O–H groups in total. The van der Waals surface area contributed by atoms with Gasteiger partial charge in [0.2, 0.25) is 0 Å². The van der Waals surface area contributed by atoms with Crippen LogP contribution in [0.3, 0.4) is 0 Å². The SMILES string of the molecule is CCCC(Cc1ccnc(N)c1)NCC. The second-order valence-electron chi connectivity index (χ2n) is 3.84. The fourth-order valence-electron chi connectivity index (χ4n) is 1.82. The van der Waals surface area contributed by atoms with Crippen molar-refractivity contribution in [3.63, 3.8) is 0 Å². The Kier molecular flexibility index (Phi) is 5.12. The standard InChI is InChI=1S/C12H21N3/c1-3-5-11(14-4-2)8-10-6-7-15-12(13)9-10/h6-7,9,11,14H,3-5,8H2,1-2H3,(H2,13,15). The van der Waals surface area contributed by atoms with E-state index in [0.29, 0.717) is 11.9 Å². The van der Waals surface area contributed by atoms with Gasteiger partial charge < -0.3 is 11.1 Å². The van der Waals surface area contributed by atoms with Gasteiger partial charge >= 0.3 is 0 Å². The normalized spacial score (nSPS) is 12.7. The monoisotopic (exact) mass is 207 g/mol. The van der Waals surface area contributed by atoms with Gasteiger partial charge in [0.1, 0.15) is 5.82 Å². The van der Waals surface area contributed by atoms with Crippen LogP contribution in [0.25, 0.3) is 0 Å². The van der Waals surface area contributed by atoms with Crippen molar-refractivity contribution in [2.24, 2.45) is 0 Å². The second-order valence-corrected chi connectivity index (χ2v) is 3.84. The lowest BCUT2D eigenvalue weighted by Crippen LogP contribution is -2.30. The average molecular weight is 207 g/mol. The van der Waals surface area contributed by atoms with Crippen molar-refractivity contribution in [1.29, 1.82) is 0 Å². The highest BCUT2D eigenvalue weighted by atomic mass is 14.9. The third-order valence-electron chi connectivity index (χ3n) is 2.46. The highest BCUT2D eigenvalue weighted by molar-refractivity contribution is 5.32. The fraction of sp³-hybridized carbons (Fsp3) is 0.583. The minimum absolute atomic E-state index is 0.557. The van der Waals surface area contributed by atoms with Crippen molar-refractivity contribution < 1.29 is 0 Å². The molecule has 1 aromatic heterocycles. The number of rotatable bonds is 6. The molecule has 0 aliphatic rings. The Balaban J connectivity index is 2.56. The summed E-state index contributed by atoms with van der Waals surface area (Å²) >= 11 is 0. The van der Waals surface area contributed by atoms with E-state index in [1.54, 1.807) is 6.20 Å². The van der Waals surface area contributed by atoms with Crippen molar-refractivity contribution in [3.8, 4) is 0 Å². The maximum Gasteiger partial charge on any atom is 0.123 e. The molecule has 3 nitrogen and oxygen atoms in total. The molecule has 0 bridgehead atoms. The highest BCUT2D eigenvalue weighted by Gasteiger charge is 2.07. The number of aromatic nitrogens is 1. The molecule has 84 valence electrons. The van der Waals surface area contributed by atoms with E-state index in [1.807, 2.05) is 12.1 Å². The zero-order chi connectivity index (χ0) is 11.1. The number of anilines is 1. The maximum atomic E-state index is 5.65. The summed E-state index contributed by atoms with van der Waals surface area (Å²) in [6.07, 6.45) is 5.22. The summed E-state index contributed by atoms with van der Waals surface area (Å²) in [5, 5.41) is 3.49. The molecule has 0 radical (unpaired) electrons. The summed E-state index contributed by atoms with van der Waals surface area (Å²) in [6.45, 7) is 5.38. The summed E-state index contributed by atoms with van der Waals surface area (Å²) in [5.74, 6) is 0.610. The molecule has 15 heavy (non-hydrogen) atoms. The Morgan fingerprint density at radius 3 is 2.87 bits per heavy atom. The summed E-state index contributed by atoms with van der Waals surface area (Å²) in [5.41, 5.74) is 6.92. The molecule has 1 atom stereocenters. The molecule has 1 rings (SSSR count). The number of pyridine rings is 1. The lowest BCUT2D eigenvalue weighted by Gasteiger charge is -2.17. The van der Waals surface area contributed by atoms with E-state index in [9.17, 15) is 0 Å². The predicted molar refractivity (Wildman–Crippen MR) is 64.7 cm³/mol. The average Bonchev–Trinajstić information content (AvgIpc) is 2.18. The number of likely N-dealkylation sites (N-methyl/N-ethyl adjacent to an activating group) is 1. The van der Waals surface area contributed by atoms with E-state index < -0.39 is 0 Å². The lowest BCUT2D eigenvalue weighted by atomic mass is 10.0. The number of nitrogens with two attached hydrogens (primary N) is 1. The van der Waals surface area contributed by atoms with Gasteiger partial charge in [-0.25, -0.2) is 4.98 Å². The molecular weight excluding hydrogens is 186 g/mol. The molecule has 0 aromatic carbocycles. The van der Waals surface area contributed by atoms with Crippen LogP contribution < -0.4 is 11.1 Å². The van der Waals surface area contributed by atoms with E-state index in [-0.39, 0.29) is 0 Å². The number of nitrogens with zero attached hydrogens (tertiary/aromatic N) is 1. The third kappa shape index (κ3) is 4.30. The van der Waals surface area contributed by atoms with Crippen LogP contribution in [-0.2, 0) is 6.42 Å². The van der Waals surface area contributed by atoms with Gasteiger partial charge in [0.05, 0.1) is 0 Å². The largest absolute Gasteiger partial charge is 0.384 e. The minimum atomic E-state index is 0.557. The van der Waals surface area contributed by atoms with Crippen LogP contribution >= 0.6 is 0 Å². The van der Waals surface area contributed by atoms with Gasteiger partial charge in [-0.2, -0.15) is 0 Å². The first-order chi connectivity index (χ1) is 7.26.